The van der Waals surface area contributed by atoms with E-state index in [0.717, 1.165) is 28.5 Å². The summed E-state index contributed by atoms with van der Waals surface area (Å²) in [4.78, 5) is 12.2. The van der Waals surface area contributed by atoms with Crippen molar-refractivity contribution >= 4 is 22.4 Å². The first-order chi connectivity index (χ1) is 16.8. The van der Waals surface area contributed by atoms with Crippen molar-refractivity contribution in [1.82, 2.24) is 4.31 Å². The predicted octanol–water partition coefficient (Wildman–Crippen LogP) is 4.77. The zero-order chi connectivity index (χ0) is 25.0. The molecule has 0 spiro atoms. The van der Waals surface area contributed by atoms with Crippen LogP contribution in [0.3, 0.4) is 0 Å². The van der Waals surface area contributed by atoms with E-state index < -0.39 is 10.0 Å². The van der Waals surface area contributed by atoms with E-state index in [0.29, 0.717) is 30.0 Å². The maximum Gasteiger partial charge on any atom is 0.243 e. The second-order valence-corrected chi connectivity index (χ2v) is 10.6. The molecular weight excluding hydrogens is 462 g/mol. The number of ether oxygens (including phenoxy) is 2. The third kappa shape index (κ3) is 5.31. The summed E-state index contributed by atoms with van der Waals surface area (Å²) in [5, 5.41) is 0. The number of nitrogens with zero attached hydrogens (tertiary/aromatic N) is 1. The van der Waals surface area contributed by atoms with Gasteiger partial charge in [0.25, 0.3) is 0 Å². The number of sulfonamides is 1. The van der Waals surface area contributed by atoms with Gasteiger partial charge in [-0.2, -0.15) is 4.31 Å². The molecule has 35 heavy (non-hydrogen) atoms. The van der Waals surface area contributed by atoms with Gasteiger partial charge in [0.05, 0.1) is 24.7 Å². The number of aryl methyl sites for hydroxylation is 1. The minimum Gasteiger partial charge on any atom is -0.497 e. The van der Waals surface area contributed by atoms with Gasteiger partial charge >= 0.3 is 0 Å². The van der Waals surface area contributed by atoms with Gasteiger partial charge in [0.1, 0.15) is 11.5 Å². The number of hydrogen-bond acceptors (Lipinski definition) is 5. The summed E-state index contributed by atoms with van der Waals surface area (Å²) in [6.45, 7) is 2.52. The minimum atomic E-state index is -3.67. The van der Waals surface area contributed by atoms with Crippen LogP contribution in [0, 0.1) is 12.8 Å². The van der Waals surface area contributed by atoms with Gasteiger partial charge < -0.3 is 9.47 Å². The molecule has 4 rings (SSSR count). The molecule has 1 atom stereocenters. The fourth-order valence-corrected chi connectivity index (χ4v) is 5.91. The monoisotopic (exact) mass is 491 g/mol. The average Bonchev–Trinajstić information content (AvgIpc) is 3.27. The lowest BCUT2D eigenvalue weighted by Crippen LogP contribution is -2.29. The highest BCUT2D eigenvalue weighted by atomic mass is 32.2. The molecule has 1 unspecified atom stereocenters. The molecule has 1 aliphatic heterocycles. The molecule has 1 aliphatic rings. The Kier molecular flexibility index (Phi) is 7.38. The Morgan fingerprint density at radius 2 is 1.71 bits per heavy atom. The highest BCUT2D eigenvalue weighted by Gasteiger charge is 2.36. The molecule has 0 saturated carbocycles. The Labute approximate surface area is 206 Å². The smallest absolute Gasteiger partial charge is 0.243 e. The summed E-state index contributed by atoms with van der Waals surface area (Å²) in [5.41, 5.74) is 4.20. The van der Waals surface area contributed by atoms with Crippen LogP contribution in [-0.4, -0.2) is 46.3 Å². The van der Waals surface area contributed by atoms with E-state index in [4.69, 9.17) is 9.47 Å². The third-order valence-electron chi connectivity index (χ3n) is 6.36. The van der Waals surface area contributed by atoms with Crippen molar-refractivity contribution < 1.29 is 22.7 Å². The van der Waals surface area contributed by atoms with Crippen molar-refractivity contribution in [2.75, 3.05) is 27.3 Å². The van der Waals surface area contributed by atoms with E-state index in [-0.39, 0.29) is 17.4 Å². The van der Waals surface area contributed by atoms with Gasteiger partial charge in [0, 0.05) is 19.2 Å². The number of methoxy groups -OCH3 is 2. The van der Waals surface area contributed by atoms with Crippen molar-refractivity contribution in [3.63, 3.8) is 0 Å². The molecule has 6 nitrogen and oxygen atoms in total. The Balaban J connectivity index is 1.73. The van der Waals surface area contributed by atoms with Crippen LogP contribution in [0.1, 0.15) is 27.0 Å². The van der Waals surface area contributed by atoms with Crippen LogP contribution in [-0.2, 0) is 16.4 Å². The van der Waals surface area contributed by atoms with Crippen molar-refractivity contribution in [2.24, 2.45) is 5.92 Å². The van der Waals surface area contributed by atoms with E-state index in [1.54, 1.807) is 37.4 Å². The molecule has 3 aromatic rings. The molecular formula is C28H29NO5S. The average molecular weight is 492 g/mol. The van der Waals surface area contributed by atoms with Gasteiger partial charge in [0.2, 0.25) is 10.0 Å². The molecule has 1 heterocycles. The predicted molar refractivity (Wildman–Crippen MR) is 136 cm³/mol. The van der Waals surface area contributed by atoms with Crippen molar-refractivity contribution in [2.45, 2.75) is 18.2 Å². The lowest BCUT2D eigenvalue weighted by molar-refractivity contribution is 0.111. The summed E-state index contributed by atoms with van der Waals surface area (Å²) in [6.07, 6.45) is 3.30. The van der Waals surface area contributed by atoms with Crippen molar-refractivity contribution in [1.29, 1.82) is 0 Å². The number of benzene rings is 3. The minimum absolute atomic E-state index is 0.119. The van der Waals surface area contributed by atoms with Gasteiger partial charge in [-0.25, -0.2) is 8.42 Å². The molecule has 7 heteroatoms. The van der Waals surface area contributed by atoms with Gasteiger partial charge in [-0.15, -0.1) is 0 Å². The number of rotatable bonds is 8. The Morgan fingerprint density at radius 3 is 2.34 bits per heavy atom. The molecule has 1 fully saturated rings. The first kappa shape index (κ1) is 24.7. The number of carbonyl (C=O) groups excluding carboxylic acids is 1. The molecule has 1 saturated heterocycles. The van der Waals surface area contributed by atoms with E-state index in [2.05, 4.69) is 0 Å². The maximum atomic E-state index is 13.5. The fraction of sp³-hybridized carbons (Fsp3) is 0.250. The van der Waals surface area contributed by atoms with Crippen LogP contribution in [0.5, 0.6) is 11.5 Å². The van der Waals surface area contributed by atoms with Gasteiger partial charge in [-0.1, -0.05) is 54.1 Å². The van der Waals surface area contributed by atoms with E-state index >= 15 is 0 Å². The van der Waals surface area contributed by atoms with E-state index in [1.165, 1.54) is 11.4 Å². The molecule has 0 amide bonds. The Morgan fingerprint density at radius 1 is 1.00 bits per heavy atom. The second kappa shape index (κ2) is 10.5. The molecule has 3 aromatic carbocycles. The van der Waals surface area contributed by atoms with E-state index in [1.807, 2.05) is 49.4 Å². The van der Waals surface area contributed by atoms with Gasteiger partial charge in [-0.05, 0) is 54.2 Å². The van der Waals surface area contributed by atoms with Crippen LogP contribution in [0.4, 0.5) is 0 Å². The summed E-state index contributed by atoms with van der Waals surface area (Å²) in [6, 6.07) is 20.2. The number of hydrogen-bond donors (Lipinski definition) is 0. The molecule has 182 valence electrons. The van der Waals surface area contributed by atoms with Crippen LogP contribution < -0.4 is 9.47 Å². The summed E-state index contributed by atoms with van der Waals surface area (Å²) >= 11 is 0. The SMILES string of the molecule is COc1cc(CC2CN(S(=O)(=O)c3ccc(C)cc3)C/C2=C\c2ccccc2)c(C=O)c(OC)c1. The fourth-order valence-electron chi connectivity index (χ4n) is 4.44. The quantitative estimate of drug-likeness (QED) is 0.425. The first-order valence-corrected chi connectivity index (χ1v) is 12.8. The van der Waals surface area contributed by atoms with Crippen molar-refractivity contribution in [3.8, 4) is 11.5 Å². The summed E-state index contributed by atoms with van der Waals surface area (Å²) in [5.74, 6) is 0.897. The lowest BCUT2D eigenvalue weighted by atomic mass is 9.90. The van der Waals surface area contributed by atoms with Crippen LogP contribution in [0.15, 0.2) is 77.2 Å². The van der Waals surface area contributed by atoms with Crippen LogP contribution >= 0.6 is 0 Å². The maximum absolute atomic E-state index is 13.5. The summed E-state index contributed by atoms with van der Waals surface area (Å²) in [7, 11) is -0.601. The van der Waals surface area contributed by atoms with Gasteiger partial charge in [0.15, 0.2) is 6.29 Å². The molecule has 0 aromatic heterocycles. The Hall–Kier alpha value is -3.42. The third-order valence-corrected chi connectivity index (χ3v) is 8.18. The van der Waals surface area contributed by atoms with Crippen LogP contribution in [0.2, 0.25) is 0 Å². The normalized spacial score (nSPS) is 17.5. The van der Waals surface area contributed by atoms with E-state index in [9.17, 15) is 13.2 Å². The summed E-state index contributed by atoms with van der Waals surface area (Å²) < 4.78 is 39.3. The lowest BCUT2D eigenvalue weighted by Gasteiger charge is -2.18. The highest BCUT2D eigenvalue weighted by molar-refractivity contribution is 7.89. The standard InChI is InChI=1S/C28H29NO5S/c1-20-9-11-26(12-10-20)35(31,32)29-17-23(13-21-7-5-4-6-8-21)24(18-29)14-22-15-25(33-2)16-28(34-3)27(22)19-30/h4-13,15-16,19,24H,14,17-18H2,1-3H3/b23-13+. The second-order valence-electron chi connectivity index (χ2n) is 8.66. The van der Waals surface area contributed by atoms with Crippen LogP contribution in [0.25, 0.3) is 6.08 Å². The Bertz CT molecular complexity index is 1330. The molecule has 0 radical (unpaired) electrons. The number of carbonyl (C=O) groups is 1. The largest absolute Gasteiger partial charge is 0.497 e. The molecule has 0 bridgehead atoms. The van der Waals surface area contributed by atoms with Crippen molar-refractivity contribution in [3.05, 3.63) is 94.6 Å². The highest BCUT2D eigenvalue weighted by Crippen LogP contribution is 2.35. The zero-order valence-corrected chi connectivity index (χ0v) is 20.9. The zero-order valence-electron chi connectivity index (χ0n) is 20.1. The number of aldehydes is 1. The van der Waals surface area contributed by atoms with Gasteiger partial charge in [-0.3, -0.25) is 4.79 Å². The first-order valence-electron chi connectivity index (χ1n) is 11.4. The molecule has 0 N–H and O–H groups in total. The molecule has 0 aliphatic carbocycles. The topological polar surface area (TPSA) is 72.9 Å².